The lowest BCUT2D eigenvalue weighted by Gasteiger charge is -2.34. The van der Waals surface area contributed by atoms with Crippen LogP contribution < -0.4 is 4.89 Å². The summed E-state index contributed by atoms with van der Waals surface area (Å²) in [6, 6.07) is 6.50. The number of benzene rings is 1. The van der Waals surface area contributed by atoms with Gasteiger partial charge in [-0.1, -0.05) is 19.1 Å². The molecule has 0 aliphatic carbocycles. The Labute approximate surface area is 144 Å². The van der Waals surface area contributed by atoms with Crippen LogP contribution in [0.5, 0.6) is 5.75 Å². The molecule has 0 N–H and O–H groups in total. The minimum atomic E-state index is 0.154. The average Bonchev–Trinajstić information content (AvgIpc) is 2.86. The number of carbonyl (C=O) groups excluding carboxylic acids is 1. The van der Waals surface area contributed by atoms with Gasteiger partial charge in [-0.2, -0.15) is 4.89 Å². The Balaban J connectivity index is 1.42. The number of aryl methyl sites for hydroxylation is 2. The van der Waals surface area contributed by atoms with Gasteiger partial charge in [0.05, 0.1) is 6.61 Å². The Bertz CT molecular complexity index is 554. The molecule has 1 fully saturated rings. The molecular formula is C19H27N2O3. The van der Waals surface area contributed by atoms with Gasteiger partial charge in [-0.25, -0.2) is 0 Å². The molecule has 1 aromatic rings. The molecule has 5 heteroatoms. The second kappa shape index (κ2) is 8.49. The molecule has 131 valence electrons. The van der Waals surface area contributed by atoms with Gasteiger partial charge in [0.15, 0.2) is 5.75 Å². The molecule has 24 heavy (non-hydrogen) atoms. The van der Waals surface area contributed by atoms with Crippen molar-refractivity contribution in [3.63, 3.8) is 0 Å². The highest BCUT2D eigenvalue weighted by molar-refractivity contribution is 5.84. The van der Waals surface area contributed by atoms with Crippen molar-refractivity contribution in [2.45, 2.75) is 32.6 Å². The normalized spacial score (nSPS) is 18.6. The van der Waals surface area contributed by atoms with E-state index in [1.54, 1.807) is 6.42 Å². The first kappa shape index (κ1) is 17.2. The van der Waals surface area contributed by atoms with Crippen molar-refractivity contribution in [3.05, 3.63) is 35.7 Å². The summed E-state index contributed by atoms with van der Waals surface area (Å²) in [5.41, 5.74) is 2.54. The molecule has 0 atom stereocenters. The first-order valence-corrected chi connectivity index (χ1v) is 8.98. The number of carbonyl (C=O) groups is 1. The van der Waals surface area contributed by atoms with E-state index in [0.717, 1.165) is 64.2 Å². The monoisotopic (exact) mass is 331 g/mol. The smallest absolute Gasteiger partial charge is 0.226 e. The van der Waals surface area contributed by atoms with Crippen LogP contribution in [-0.2, 0) is 22.5 Å². The fourth-order valence-electron chi connectivity index (χ4n) is 3.35. The van der Waals surface area contributed by atoms with Crippen molar-refractivity contribution in [1.29, 1.82) is 0 Å². The third-order valence-electron chi connectivity index (χ3n) is 4.82. The summed E-state index contributed by atoms with van der Waals surface area (Å²) in [5, 5.41) is 0. The summed E-state index contributed by atoms with van der Waals surface area (Å²) in [4.78, 5) is 26.6. The van der Waals surface area contributed by atoms with Crippen LogP contribution >= 0.6 is 0 Å². The molecule has 1 radical (unpaired) electrons. The van der Waals surface area contributed by atoms with Gasteiger partial charge in [-0.05, 0) is 49.4 Å². The van der Waals surface area contributed by atoms with Crippen LogP contribution in [0, 0.1) is 6.42 Å². The zero-order valence-electron chi connectivity index (χ0n) is 14.5. The lowest BCUT2D eigenvalue weighted by atomic mass is 10.0. The lowest BCUT2D eigenvalue weighted by molar-refractivity contribution is -0.203. The minimum Gasteiger partial charge on any atom is -0.340 e. The number of hydrogen-bond donors (Lipinski definition) is 0. The second-order valence-electron chi connectivity index (χ2n) is 6.51. The first-order valence-electron chi connectivity index (χ1n) is 8.98. The van der Waals surface area contributed by atoms with Gasteiger partial charge in [-0.3, -0.25) is 9.69 Å². The molecule has 5 nitrogen and oxygen atoms in total. The molecule has 3 rings (SSSR count). The fraction of sp³-hybridized carbons (Fsp3) is 0.579. The second-order valence-corrected chi connectivity index (χ2v) is 6.51. The van der Waals surface area contributed by atoms with Crippen LogP contribution in [0.1, 0.15) is 30.9 Å². The van der Waals surface area contributed by atoms with Crippen molar-refractivity contribution < 1.29 is 14.6 Å². The van der Waals surface area contributed by atoms with E-state index in [0.29, 0.717) is 6.61 Å². The highest BCUT2D eigenvalue weighted by atomic mass is 17.2. The number of hydrogen-bond acceptors (Lipinski definition) is 4. The maximum atomic E-state index is 11.6. The van der Waals surface area contributed by atoms with E-state index < -0.39 is 0 Å². The largest absolute Gasteiger partial charge is 0.340 e. The van der Waals surface area contributed by atoms with Crippen LogP contribution in [-0.4, -0.2) is 55.0 Å². The molecule has 1 saturated heterocycles. The summed E-state index contributed by atoms with van der Waals surface area (Å²) >= 11 is 0. The van der Waals surface area contributed by atoms with Crippen molar-refractivity contribution in [1.82, 2.24) is 9.80 Å². The predicted molar refractivity (Wildman–Crippen MR) is 92.7 cm³/mol. The number of piperazine rings is 1. The van der Waals surface area contributed by atoms with E-state index in [-0.39, 0.29) is 5.91 Å². The van der Waals surface area contributed by atoms with Gasteiger partial charge in [0, 0.05) is 32.6 Å². The van der Waals surface area contributed by atoms with Gasteiger partial charge in [0.25, 0.3) is 0 Å². The predicted octanol–water partition coefficient (Wildman–Crippen LogP) is 2.24. The number of rotatable bonds is 5. The zero-order valence-corrected chi connectivity index (χ0v) is 14.5. The van der Waals surface area contributed by atoms with Crippen molar-refractivity contribution >= 4 is 5.91 Å². The van der Waals surface area contributed by atoms with E-state index in [9.17, 15) is 4.79 Å². The zero-order chi connectivity index (χ0) is 16.8. The minimum absolute atomic E-state index is 0.154. The fourth-order valence-corrected chi connectivity index (χ4v) is 3.35. The third-order valence-corrected chi connectivity index (χ3v) is 4.82. The number of fused-ring (bicyclic) bond motifs is 1. The summed E-state index contributed by atoms with van der Waals surface area (Å²) in [6.45, 7) is 7.17. The van der Waals surface area contributed by atoms with Crippen LogP contribution in [0.4, 0.5) is 0 Å². The molecule has 0 bridgehead atoms. The standard InChI is InChI=1S/C19H27N2O3/c1-2-19(22)21-12-10-20(11-13-21)9-3-5-16-7-8-17-6-4-14-23-24-18(17)15-16/h2,7-8,15H,3-6,9-14H2,1H3. The summed E-state index contributed by atoms with van der Waals surface area (Å²) < 4.78 is 0. The Morgan fingerprint density at radius 1 is 1.25 bits per heavy atom. The quantitative estimate of drug-likeness (QED) is 0.776. The molecule has 0 aromatic heterocycles. The maximum absolute atomic E-state index is 11.6. The molecule has 2 aliphatic rings. The molecular weight excluding hydrogens is 304 g/mol. The Hall–Kier alpha value is -1.59. The highest BCUT2D eigenvalue weighted by Gasteiger charge is 2.19. The van der Waals surface area contributed by atoms with Gasteiger partial charge in [-0.15, -0.1) is 0 Å². The van der Waals surface area contributed by atoms with Crippen molar-refractivity contribution in [2.24, 2.45) is 0 Å². The summed E-state index contributed by atoms with van der Waals surface area (Å²) in [6.07, 6.45) is 5.84. The van der Waals surface area contributed by atoms with E-state index in [4.69, 9.17) is 9.78 Å². The number of amides is 1. The SMILES string of the molecule is C[CH]C(=O)N1CCN(CCCc2ccc3c(c2)OOCCC3)CC1. The molecule has 1 amide bonds. The molecule has 0 saturated carbocycles. The maximum Gasteiger partial charge on any atom is 0.226 e. The molecule has 2 aliphatic heterocycles. The molecule has 2 heterocycles. The van der Waals surface area contributed by atoms with Gasteiger partial charge in [0.2, 0.25) is 5.91 Å². The molecule has 1 aromatic carbocycles. The van der Waals surface area contributed by atoms with Crippen LogP contribution in [0.25, 0.3) is 0 Å². The highest BCUT2D eigenvalue weighted by Crippen LogP contribution is 2.25. The molecule has 0 unspecified atom stereocenters. The Morgan fingerprint density at radius 2 is 2.08 bits per heavy atom. The van der Waals surface area contributed by atoms with Crippen LogP contribution in [0.15, 0.2) is 18.2 Å². The van der Waals surface area contributed by atoms with Crippen LogP contribution in [0.2, 0.25) is 0 Å². The Kier molecular flexibility index (Phi) is 6.10. The summed E-state index contributed by atoms with van der Waals surface area (Å²) in [5.74, 6) is 1.04. The van der Waals surface area contributed by atoms with Crippen molar-refractivity contribution in [2.75, 3.05) is 39.3 Å². The number of nitrogens with zero attached hydrogens (tertiary/aromatic N) is 2. The van der Waals surface area contributed by atoms with Crippen molar-refractivity contribution in [3.8, 4) is 5.75 Å². The average molecular weight is 331 g/mol. The van der Waals surface area contributed by atoms with Gasteiger partial charge < -0.3 is 9.79 Å². The van der Waals surface area contributed by atoms with E-state index in [1.807, 2.05) is 11.8 Å². The van der Waals surface area contributed by atoms with Gasteiger partial charge >= 0.3 is 0 Å². The lowest BCUT2D eigenvalue weighted by Crippen LogP contribution is -2.48. The Morgan fingerprint density at radius 3 is 2.88 bits per heavy atom. The van der Waals surface area contributed by atoms with E-state index in [2.05, 4.69) is 23.1 Å². The first-order chi connectivity index (χ1) is 11.8. The topological polar surface area (TPSA) is 42.0 Å². The van der Waals surface area contributed by atoms with Crippen LogP contribution in [0.3, 0.4) is 0 Å². The van der Waals surface area contributed by atoms with E-state index >= 15 is 0 Å². The third kappa shape index (κ3) is 4.48. The van der Waals surface area contributed by atoms with E-state index in [1.165, 1.54) is 11.1 Å². The van der Waals surface area contributed by atoms with Gasteiger partial charge in [0.1, 0.15) is 0 Å². The molecule has 0 spiro atoms. The summed E-state index contributed by atoms with van der Waals surface area (Å²) in [7, 11) is 0.